The van der Waals surface area contributed by atoms with Crippen LogP contribution in [0, 0.1) is 46.3 Å². The van der Waals surface area contributed by atoms with Crippen molar-refractivity contribution >= 4 is 0 Å². The van der Waals surface area contributed by atoms with E-state index in [1.807, 2.05) is 0 Å². The molecule has 0 aliphatic heterocycles. The van der Waals surface area contributed by atoms with Crippen LogP contribution in [0.2, 0.25) is 0 Å². The largest absolute Gasteiger partial charge is 0.386 e. The molecule has 1 N–H and O–H groups in total. The molecular formula is C27H45FO. The van der Waals surface area contributed by atoms with Gasteiger partial charge in [0.1, 0.15) is 11.9 Å². The highest BCUT2D eigenvalue weighted by Crippen LogP contribution is 2.68. The molecule has 1 nitrogen and oxygen atoms in total. The van der Waals surface area contributed by atoms with E-state index in [0.717, 1.165) is 54.4 Å². The van der Waals surface area contributed by atoms with Crippen LogP contribution in [0.3, 0.4) is 0 Å². The van der Waals surface area contributed by atoms with Gasteiger partial charge in [0, 0.05) is 0 Å². The van der Waals surface area contributed by atoms with Gasteiger partial charge in [-0.15, -0.1) is 0 Å². The molecule has 0 aromatic rings. The quantitative estimate of drug-likeness (QED) is 0.498. The molecule has 0 amide bonds. The molecule has 8 atom stereocenters. The normalized spacial score (nSPS) is 45.7. The molecule has 0 aromatic carbocycles. The summed E-state index contributed by atoms with van der Waals surface area (Å²) in [6.45, 7) is 12.2. The molecule has 0 bridgehead atoms. The van der Waals surface area contributed by atoms with Gasteiger partial charge in [-0.2, -0.15) is 0 Å². The predicted molar refractivity (Wildman–Crippen MR) is 119 cm³/mol. The van der Waals surface area contributed by atoms with Gasteiger partial charge in [0.2, 0.25) is 0 Å². The van der Waals surface area contributed by atoms with Crippen molar-refractivity contribution in [2.24, 2.45) is 46.3 Å². The minimum atomic E-state index is -0.828. The Labute approximate surface area is 178 Å². The first-order valence-electron chi connectivity index (χ1n) is 12.8. The Balaban J connectivity index is 1.51. The molecule has 4 rings (SSSR count). The van der Waals surface area contributed by atoms with Crippen molar-refractivity contribution in [3.8, 4) is 0 Å². The summed E-state index contributed by atoms with van der Waals surface area (Å²) >= 11 is 0. The number of rotatable bonds is 5. The van der Waals surface area contributed by atoms with Crippen LogP contribution in [0.15, 0.2) is 11.4 Å². The van der Waals surface area contributed by atoms with Gasteiger partial charge in [-0.25, -0.2) is 4.39 Å². The van der Waals surface area contributed by atoms with E-state index in [1.54, 1.807) is 0 Å². The lowest BCUT2D eigenvalue weighted by Crippen LogP contribution is -2.51. The summed E-state index contributed by atoms with van der Waals surface area (Å²) in [5.41, 5.74) is 1.51. The van der Waals surface area contributed by atoms with E-state index in [4.69, 9.17) is 0 Å². The molecule has 0 saturated heterocycles. The first-order valence-corrected chi connectivity index (χ1v) is 12.8. The van der Waals surface area contributed by atoms with Gasteiger partial charge in [0.15, 0.2) is 0 Å². The highest BCUT2D eigenvalue weighted by Gasteiger charge is 2.60. The third-order valence-electron chi connectivity index (χ3n) is 10.4. The number of hydrogen-bond donors (Lipinski definition) is 1. The van der Waals surface area contributed by atoms with Crippen molar-refractivity contribution in [3.63, 3.8) is 0 Å². The second kappa shape index (κ2) is 7.95. The molecule has 29 heavy (non-hydrogen) atoms. The number of halogens is 1. The van der Waals surface area contributed by atoms with Crippen LogP contribution in [0.25, 0.3) is 0 Å². The van der Waals surface area contributed by atoms with Gasteiger partial charge in [-0.1, -0.05) is 53.9 Å². The Kier molecular flexibility index (Phi) is 5.99. The van der Waals surface area contributed by atoms with Gasteiger partial charge in [-0.05, 0) is 103 Å². The van der Waals surface area contributed by atoms with E-state index in [1.165, 1.54) is 44.9 Å². The summed E-state index contributed by atoms with van der Waals surface area (Å²) in [6.07, 6.45) is 12.4. The Bertz CT molecular complexity index is 638. The van der Waals surface area contributed by atoms with Crippen molar-refractivity contribution in [2.75, 3.05) is 0 Å². The number of aliphatic hydroxyl groups excluding tert-OH is 1. The Morgan fingerprint density at radius 2 is 1.72 bits per heavy atom. The lowest BCUT2D eigenvalue weighted by atomic mass is 9.46. The highest BCUT2D eigenvalue weighted by atomic mass is 19.1. The van der Waals surface area contributed by atoms with E-state index < -0.39 is 6.10 Å². The molecule has 3 fully saturated rings. The first-order chi connectivity index (χ1) is 13.7. The molecule has 0 unspecified atom stereocenters. The summed E-state index contributed by atoms with van der Waals surface area (Å²) in [5, 5.41) is 10.1. The number of aliphatic hydroxyl groups is 1. The van der Waals surface area contributed by atoms with Crippen LogP contribution in [0.1, 0.15) is 105 Å². The molecular weight excluding hydrogens is 359 g/mol. The molecule has 0 spiro atoms. The van der Waals surface area contributed by atoms with Gasteiger partial charge in [0.25, 0.3) is 0 Å². The maximum absolute atomic E-state index is 14.8. The molecule has 4 aliphatic carbocycles. The fourth-order valence-electron chi connectivity index (χ4n) is 8.82. The third-order valence-corrected chi connectivity index (χ3v) is 10.4. The maximum Gasteiger partial charge on any atom is 0.128 e. The Hall–Kier alpha value is -0.370. The van der Waals surface area contributed by atoms with Crippen LogP contribution >= 0.6 is 0 Å². The minimum absolute atomic E-state index is 0.00846. The highest BCUT2D eigenvalue weighted by molar-refractivity contribution is 5.28. The summed E-state index contributed by atoms with van der Waals surface area (Å²) in [4.78, 5) is 0. The van der Waals surface area contributed by atoms with E-state index in [9.17, 15) is 9.50 Å². The molecule has 166 valence electrons. The average molecular weight is 405 g/mol. The second-order valence-corrected chi connectivity index (χ2v) is 12.2. The van der Waals surface area contributed by atoms with E-state index in [0.29, 0.717) is 17.8 Å². The van der Waals surface area contributed by atoms with Crippen molar-refractivity contribution in [2.45, 2.75) is 111 Å². The lowest BCUT2D eigenvalue weighted by molar-refractivity contribution is -0.0659. The monoisotopic (exact) mass is 404 g/mol. The molecule has 0 aromatic heterocycles. The van der Waals surface area contributed by atoms with Crippen molar-refractivity contribution < 1.29 is 9.50 Å². The summed E-state index contributed by atoms with van der Waals surface area (Å²) in [5.74, 6) is 4.65. The van der Waals surface area contributed by atoms with Gasteiger partial charge in [0.05, 0.1) is 0 Å². The van der Waals surface area contributed by atoms with Crippen molar-refractivity contribution in [1.29, 1.82) is 0 Å². The van der Waals surface area contributed by atoms with Crippen molar-refractivity contribution in [3.05, 3.63) is 11.4 Å². The van der Waals surface area contributed by atoms with Crippen LogP contribution in [-0.4, -0.2) is 11.2 Å². The zero-order valence-electron chi connectivity index (χ0n) is 19.6. The molecule has 4 aliphatic rings. The number of fused-ring (bicyclic) bond motifs is 5. The molecule has 0 radical (unpaired) electrons. The maximum atomic E-state index is 14.8. The topological polar surface area (TPSA) is 20.2 Å². The van der Waals surface area contributed by atoms with Crippen LogP contribution in [-0.2, 0) is 0 Å². The molecule has 2 heteroatoms. The Morgan fingerprint density at radius 1 is 0.966 bits per heavy atom. The van der Waals surface area contributed by atoms with Crippen molar-refractivity contribution in [1.82, 2.24) is 0 Å². The summed E-state index contributed by atoms with van der Waals surface area (Å²) < 4.78 is 14.8. The fourth-order valence-corrected chi connectivity index (χ4v) is 8.82. The zero-order valence-corrected chi connectivity index (χ0v) is 19.6. The Morgan fingerprint density at radius 3 is 2.45 bits per heavy atom. The first kappa shape index (κ1) is 21.8. The lowest BCUT2D eigenvalue weighted by Gasteiger charge is -2.59. The molecule has 0 heterocycles. The number of allylic oxidation sites excluding steroid dienone is 1. The van der Waals surface area contributed by atoms with Gasteiger partial charge in [-0.3, -0.25) is 0 Å². The molecule has 3 saturated carbocycles. The number of hydrogen-bond acceptors (Lipinski definition) is 1. The SMILES string of the molecule is CC(C)CCC[C@@H](C)[C@H]1CC[C@H]2[C@@H]3CCC4=C(F)[C@@H](O)CC[C@]4(C)[C@H]3CC[C@]12C. The van der Waals surface area contributed by atoms with E-state index in [-0.39, 0.29) is 11.2 Å². The van der Waals surface area contributed by atoms with Gasteiger partial charge < -0.3 is 5.11 Å². The van der Waals surface area contributed by atoms with Crippen LogP contribution in [0.4, 0.5) is 4.39 Å². The van der Waals surface area contributed by atoms with E-state index in [2.05, 4.69) is 34.6 Å². The minimum Gasteiger partial charge on any atom is -0.386 e. The third kappa shape index (κ3) is 3.54. The van der Waals surface area contributed by atoms with Gasteiger partial charge >= 0.3 is 0 Å². The summed E-state index contributed by atoms with van der Waals surface area (Å²) in [7, 11) is 0. The van der Waals surface area contributed by atoms with Crippen LogP contribution in [0.5, 0.6) is 0 Å². The average Bonchev–Trinajstić information content (AvgIpc) is 3.02. The fraction of sp³-hybridized carbons (Fsp3) is 0.926. The zero-order chi connectivity index (χ0) is 21.0. The predicted octanol–water partition coefficient (Wildman–Crippen LogP) is 7.69. The summed E-state index contributed by atoms with van der Waals surface area (Å²) in [6, 6.07) is 0. The van der Waals surface area contributed by atoms with Crippen LogP contribution < -0.4 is 0 Å². The standard InChI is InChI=1S/C27H45FO/c1-17(2)7-6-8-18(3)20-11-12-21-19-9-10-23-25(28)24(29)14-16-27(23,5)22(19)13-15-26(20,21)4/h17-22,24,29H,6-16H2,1-5H3/t18-,19+,20-,21+,22+,24+,26-,27-/m1/s1. The smallest absolute Gasteiger partial charge is 0.128 e. The second-order valence-electron chi connectivity index (χ2n) is 12.2. The van der Waals surface area contributed by atoms with E-state index >= 15 is 0 Å².